The van der Waals surface area contributed by atoms with Crippen molar-refractivity contribution in [3.05, 3.63) is 29.6 Å². The largest absolute Gasteiger partial charge is 0.341 e. The van der Waals surface area contributed by atoms with Crippen molar-refractivity contribution in [1.82, 2.24) is 9.97 Å². The Morgan fingerprint density at radius 2 is 1.89 bits per heavy atom. The average molecular weight is 274 g/mol. The highest BCUT2D eigenvalue weighted by molar-refractivity contribution is 7.91. The summed E-state index contributed by atoms with van der Waals surface area (Å²) >= 11 is 0. The molecule has 2 rings (SSSR count). The molecule has 2 aromatic rings. The smallest absolute Gasteiger partial charge is 0.186 e. The van der Waals surface area contributed by atoms with E-state index >= 15 is 0 Å². The minimum absolute atomic E-state index is 0.0875. The van der Waals surface area contributed by atoms with Gasteiger partial charge in [-0.3, -0.25) is 0 Å². The normalized spacial score (nSPS) is 13.2. The molecule has 18 heavy (non-hydrogen) atoms. The van der Waals surface area contributed by atoms with Crippen LogP contribution in [0.2, 0.25) is 0 Å². The molecule has 1 heterocycles. The molecule has 1 aromatic carbocycles. The summed E-state index contributed by atoms with van der Waals surface area (Å²) in [6.45, 7) is 2.91. The van der Waals surface area contributed by atoms with E-state index < -0.39 is 26.2 Å². The van der Waals surface area contributed by atoms with Crippen molar-refractivity contribution >= 4 is 20.9 Å². The Labute approximate surface area is 103 Å². The number of rotatable bonds is 2. The molecule has 0 bridgehead atoms. The van der Waals surface area contributed by atoms with E-state index in [1.165, 1.54) is 19.9 Å². The van der Waals surface area contributed by atoms with Gasteiger partial charge < -0.3 is 4.98 Å². The first kappa shape index (κ1) is 12.9. The van der Waals surface area contributed by atoms with E-state index in [4.69, 9.17) is 0 Å². The summed E-state index contributed by atoms with van der Waals surface area (Å²) in [6, 6.07) is 2.29. The molecular weight excluding hydrogens is 262 g/mol. The van der Waals surface area contributed by atoms with Crippen molar-refractivity contribution in [1.29, 1.82) is 0 Å². The highest BCUT2D eigenvalue weighted by Crippen LogP contribution is 2.29. The fraction of sp³-hybridized carbons (Fsp3) is 0.364. The molecule has 0 saturated heterocycles. The third-order valence-corrected chi connectivity index (χ3v) is 5.09. The number of imidazole rings is 1. The Kier molecular flexibility index (Phi) is 2.69. The second-order valence-corrected chi connectivity index (χ2v) is 7.19. The maximum absolute atomic E-state index is 13.5. The second kappa shape index (κ2) is 3.74. The number of benzene rings is 1. The molecule has 7 heteroatoms. The van der Waals surface area contributed by atoms with Crippen LogP contribution in [-0.4, -0.2) is 24.6 Å². The predicted octanol–water partition coefficient (Wildman–Crippen LogP) is 2.12. The summed E-state index contributed by atoms with van der Waals surface area (Å²) in [5.41, 5.74) is 0.0716. The van der Waals surface area contributed by atoms with Gasteiger partial charge in [-0.25, -0.2) is 22.2 Å². The number of hydrogen-bond acceptors (Lipinski definition) is 3. The van der Waals surface area contributed by atoms with Crippen LogP contribution in [0.5, 0.6) is 0 Å². The molecule has 0 fully saturated rings. The van der Waals surface area contributed by atoms with Crippen LogP contribution in [0.15, 0.2) is 12.1 Å². The van der Waals surface area contributed by atoms with E-state index in [1.54, 1.807) is 0 Å². The number of nitrogens with one attached hydrogen (secondary N) is 1. The lowest BCUT2D eigenvalue weighted by Crippen LogP contribution is -2.29. The summed E-state index contributed by atoms with van der Waals surface area (Å²) in [7, 11) is -3.44. The summed E-state index contributed by atoms with van der Waals surface area (Å²) in [6.07, 6.45) is 1.07. The first-order chi connectivity index (χ1) is 8.14. The number of nitrogens with zero attached hydrogens (tertiary/aromatic N) is 1. The number of hydrogen-bond donors (Lipinski definition) is 1. The van der Waals surface area contributed by atoms with Crippen LogP contribution in [-0.2, 0) is 14.6 Å². The van der Waals surface area contributed by atoms with Crippen LogP contribution in [0, 0.1) is 11.6 Å². The fourth-order valence-corrected chi connectivity index (χ4v) is 1.93. The standard InChI is InChI=1S/C11H12F2N2O2S/c1-11(2,18(3,16)17)10-14-7-5-4-6(12)8(13)9(7)15-10/h4-5H,1-3H3,(H,14,15). The molecule has 0 aliphatic heterocycles. The van der Waals surface area contributed by atoms with Crippen LogP contribution in [0.25, 0.3) is 11.0 Å². The molecular formula is C11H12F2N2O2S. The van der Waals surface area contributed by atoms with Crippen LogP contribution < -0.4 is 0 Å². The number of fused-ring (bicyclic) bond motifs is 1. The van der Waals surface area contributed by atoms with Crippen molar-refractivity contribution in [2.45, 2.75) is 18.6 Å². The zero-order valence-corrected chi connectivity index (χ0v) is 10.9. The van der Waals surface area contributed by atoms with Crippen molar-refractivity contribution in [3.63, 3.8) is 0 Å². The molecule has 1 aromatic heterocycles. The summed E-state index contributed by atoms with van der Waals surface area (Å²) in [5.74, 6) is -2.01. The van der Waals surface area contributed by atoms with Gasteiger partial charge in [0, 0.05) is 6.26 Å². The van der Waals surface area contributed by atoms with Crippen LogP contribution >= 0.6 is 0 Å². The molecule has 0 aliphatic rings. The molecule has 0 radical (unpaired) electrons. The molecule has 98 valence electrons. The maximum Gasteiger partial charge on any atom is 0.186 e. The number of aromatic nitrogens is 2. The van der Waals surface area contributed by atoms with E-state index in [-0.39, 0.29) is 16.9 Å². The molecule has 0 spiro atoms. The molecule has 4 nitrogen and oxygen atoms in total. The number of sulfone groups is 1. The van der Waals surface area contributed by atoms with Gasteiger partial charge in [0.15, 0.2) is 21.5 Å². The van der Waals surface area contributed by atoms with Gasteiger partial charge in [-0.15, -0.1) is 0 Å². The van der Waals surface area contributed by atoms with E-state index in [1.807, 2.05) is 0 Å². The Balaban J connectivity index is 2.73. The lowest BCUT2D eigenvalue weighted by atomic mass is 10.2. The topological polar surface area (TPSA) is 62.8 Å². The van der Waals surface area contributed by atoms with Gasteiger partial charge in [-0.1, -0.05) is 0 Å². The lowest BCUT2D eigenvalue weighted by Gasteiger charge is -2.19. The monoisotopic (exact) mass is 274 g/mol. The third kappa shape index (κ3) is 1.78. The lowest BCUT2D eigenvalue weighted by molar-refractivity contribution is 0.515. The zero-order valence-electron chi connectivity index (χ0n) is 10.1. The van der Waals surface area contributed by atoms with Crippen molar-refractivity contribution < 1.29 is 17.2 Å². The molecule has 0 atom stereocenters. The molecule has 1 N–H and O–H groups in total. The van der Waals surface area contributed by atoms with Gasteiger partial charge in [-0.05, 0) is 26.0 Å². The quantitative estimate of drug-likeness (QED) is 0.912. The van der Waals surface area contributed by atoms with Crippen LogP contribution in [0.3, 0.4) is 0 Å². The zero-order chi connectivity index (χ0) is 13.7. The van der Waals surface area contributed by atoms with Gasteiger partial charge in [0.2, 0.25) is 0 Å². The Morgan fingerprint density at radius 3 is 2.44 bits per heavy atom. The summed E-state index contributed by atoms with van der Waals surface area (Å²) in [4.78, 5) is 6.57. The minimum Gasteiger partial charge on any atom is -0.341 e. The maximum atomic E-state index is 13.5. The Hall–Kier alpha value is -1.50. The van der Waals surface area contributed by atoms with E-state index in [0.29, 0.717) is 0 Å². The van der Waals surface area contributed by atoms with Gasteiger partial charge >= 0.3 is 0 Å². The average Bonchev–Trinajstić information content (AvgIpc) is 2.67. The molecule has 0 amide bonds. The van der Waals surface area contributed by atoms with E-state index in [9.17, 15) is 17.2 Å². The number of H-pyrrole nitrogens is 1. The van der Waals surface area contributed by atoms with Crippen molar-refractivity contribution in [2.24, 2.45) is 0 Å². The Bertz CT molecular complexity index is 720. The second-order valence-electron chi connectivity index (χ2n) is 4.63. The third-order valence-electron chi connectivity index (χ3n) is 3.04. The van der Waals surface area contributed by atoms with Gasteiger partial charge in [0.25, 0.3) is 0 Å². The fourth-order valence-electron chi connectivity index (χ4n) is 1.48. The van der Waals surface area contributed by atoms with Gasteiger partial charge in [0.05, 0.1) is 5.52 Å². The van der Waals surface area contributed by atoms with Gasteiger partial charge in [-0.2, -0.15) is 0 Å². The first-order valence-corrected chi connectivity index (χ1v) is 7.07. The summed E-state index contributed by atoms with van der Waals surface area (Å²) < 4.78 is 48.5. The SMILES string of the molecule is CC(C)(c1nc2c(F)c(F)ccc2[nH]1)S(C)(=O)=O. The number of aromatic amines is 1. The van der Waals surface area contributed by atoms with Crippen LogP contribution in [0.1, 0.15) is 19.7 Å². The first-order valence-electron chi connectivity index (χ1n) is 5.18. The van der Waals surface area contributed by atoms with E-state index in [2.05, 4.69) is 9.97 Å². The minimum atomic E-state index is -3.44. The van der Waals surface area contributed by atoms with Crippen molar-refractivity contribution in [2.75, 3.05) is 6.26 Å². The molecule has 0 unspecified atom stereocenters. The van der Waals surface area contributed by atoms with Crippen molar-refractivity contribution in [3.8, 4) is 0 Å². The highest BCUT2D eigenvalue weighted by Gasteiger charge is 2.35. The molecule has 0 aliphatic carbocycles. The van der Waals surface area contributed by atoms with E-state index in [0.717, 1.165) is 12.3 Å². The molecule has 0 saturated carbocycles. The Morgan fingerprint density at radius 1 is 1.28 bits per heavy atom. The summed E-state index contributed by atoms with van der Waals surface area (Å²) in [5, 5.41) is 0. The highest BCUT2D eigenvalue weighted by atomic mass is 32.2. The van der Waals surface area contributed by atoms with Crippen LogP contribution in [0.4, 0.5) is 8.78 Å². The number of halogens is 2. The van der Waals surface area contributed by atoms with Gasteiger partial charge in [0.1, 0.15) is 16.1 Å². The predicted molar refractivity (Wildman–Crippen MR) is 63.9 cm³/mol.